The van der Waals surface area contributed by atoms with E-state index < -0.39 is 24.5 Å². The van der Waals surface area contributed by atoms with Crippen LogP contribution in [0, 0.1) is 5.82 Å². The molecule has 84 valence electrons. The summed E-state index contributed by atoms with van der Waals surface area (Å²) in [6, 6.07) is 2.59. The number of aromatic carboxylic acids is 1. The number of carbonyl (C=O) groups is 1. The van der Waals surface area contributed by atoms with Crippen LogP contribution in [0.15, 0.2) is 12.1 Å². The molecule has 0 saturated carbocycles. The van der Waals surface area contributed by atoms with Crippen LogP contribution in [0.25, 0.3) is 0 Å². The fourth-order valence-electron chi connectivity index (χ4n) is 1.78. The summed E-state index contributed by atoms with van der Waals surface area (Å²) in [6.45, 7) is 1.78. The summed E-state index contributed by atoms with van der Waals surface area (Å²) in [4.78, 5) is 10.9. The molecule has 1 heterocycles. The van der Waals surface area contributed by atoms with Crippen LogP contribution in [0.3, 0.4) is 0 Å². The fourth-order valence-corrected chi connectivity index (χ4v) is 1.78. The van der Waals surface area contributed by atoms with Gasteiger partial charge in [-0.3, -0.25) is 0 Å². The Morgan fingerprint density at radius 2 is 2.31 bits per heavy atom. The summed E-state index contributed by atoms with van der Waals surface area (Å²) in [5, 5.41) is 18.4. The Balaban J connectivity index is 2.56. The lowest BCUT2D eigenvalue weighted by molar-refractivity contribution is 0.0689. The van der Waals surface area contributed by atoms with Gasteiger partial charge in [0.2, 0.25) is 0 Å². The molecule has 1 aromatic carbocycles. The molecule has 1 aromatic rings. The van der Waals surface area contributed by atoms with E-state index in [0.717, 1.165) is 6.07 Å². The number of benzene rings is 1. The van der Waals surface area contributed by atoms with Gasteiger partial charge in [0.1, 0.15) is 17.1 Å². The van der Waals surface area contributed by atoms with Crippen LogP contribution in [0.1, 0.15) is 22.8 Å². The number of fused-ring (bicyclic) bond motifs is 1. The summed E-state index contributed by atoms with van der Waals surface area (Å²) in [5.74, 6) is -2.44. The van der Waals surface area contributed by atoms with Crippen molar-refractivity contribution in [2.75, 3.05) is 0 Å². The molecule has 2 N–H and O–H groups in total. The van der Waals surface area contributed by atoms with Gasteiger partial charge in [-0.05, 0) is 18.1 Å². The zero-order chi connectivity index (χ0) is 11.9. The lowest BCUT2D eigenvalue weighted by Crippen LogP contribution is -2.33. The normalized spacial score (nSPS) is 18.9. The first-order chi connectivity index (χ1) is 7.50. The van der Waals surface area contributed by atoms with E-state index in [-0.39, 0.29) is 11.6 Å². The Morgan fingerprint density at radius 1 is 1.62 bits per heavy atom. The second-order valence-corrected chi connectivity index (χ2v) is 3.91. The van der Waals surface area contributed by atoms with Gasteiger partial charge in [0.15, 0.2) is 0 Å². The van der Waals surface area contributed by atoms with Gasteiger partial charge in [-0.15, -0.1) is 0 Å². The molecule has 16 heavy (non-hydrogen) atoms. The number of halogens is 1. The molecular formula is C10H10BFO4. The first-order valence-electron chi connectivity index (χ1n) is 4.90. The molecule has 4 nitrogen and oxygen atoms in total. The van der Waals surface area contributed by atoms with Crippen LogP contribution >= 0.6 is 0 Å². The third kappa shape index (κ3) is 1.65. The number of carboxylic acid groups (broad SMARTS) is 1. The summed E-state index contributed by atoms with van der Waals surface area (Å²) >= 11 is 0. The van der Waals surface area contributed by atoms with Gasteiger partial charge >= 0.3 is 13.1 Å². The molecule has 0 aromatic heterocycles. The van der Waals surface area contributed by atoms with Gasteiger partial charge in [0.25, 0.3) is 0 Å². The Morgan fingerprint density at radius 3 is 2.94 bits per heavy atom. The number of rotatable bonds is 1. The lowest BCUT2D eigenvalue weighted by Gasteiger charge is -2.26. The molecule has 0 amide bonds. The molecule has 0 bridgehead atoms. The molecule has 1 atom stereocenters. The van der Waals surface area contributed by atoms with E-state index in [1.165, 1.54) is 6.07 Å². The third-order valence-electron chi connectivity index (χ3n) is 2.67. The molecule has 0 radical (unpaired) electrons. The highest BCUT2D eigenvalue weighted by molar-refractivity contribution is 6.46. The van der Waals surface area contributed by atoms with Crippen LogP contribution in [0.5, 0.6) is 5.75 Å². The van der Waals surface area contributed by atoms with E-state index in [9.17, 15) is 14.2 Å². The van der Waals surface area contributed by atoms with Gasteiger partial charge in [0.05, 0.1) is 0 Å². The van der Waals surface area contributed by atoms with Crippen molar-refractivity contribution in [1.29, 1.82) is 0 Å². The Labute approximate surface area is 91.8 Å². The molecule has 0 aliphatic carbocycles. The van der Waals surface area contributed by atoms with Gasteiger partial charge in [-0.2, -0.15) is 0 Å². The molecule has 0 saturated heterocycles. The molecule has 0 spiro atoms. The van der Waals surface area contributed by atoms with E-state index in [0.29, 0.717) is 12.0 Å². The average molecular weight is 224 g/mol. The average Bonchev–Trinajstić information content (AvgIpc) is 2.20. The largest absolute Gasteiger partial charge is 0.535 e. The topological polar surface area (TPSA) is 66.8 Å². The predicted octanol–water partition coefficient (Wildman–Crippen LogP) is 1.33. The standard InChI is InChI=1S/C10H10BFO4/c1-5-4-6-2-3-7(12)8(10(13)14)9(6)16-11(5)15/h2-3,5,15H,4H2,1H3,(H,13,14)/t5-/m0/s1. The minimum Gasteiger partial charge on any atom is -0.535 e. The molecule has 1 aliphatic heterocycles. The van der Waals surface area contributed by atoms with E-state index in [4.69, 9.17) is 9.76 Å². The SMILES string of the molecule is C[C@H]1Cc2ccc(F)c(C(=O)O)c2OB1O. The van der Waals surface area contributed by atoms with Crippen LogP contribution in [0.4, 0.5) is 4.39 Å². The van der Waals surface area contributed by atoms with Gasteiger partial charge in [0, 0.05) is 5.82 Å². The number of hydrogen-bond acceptors (Lipinski definition) is 3. The van der Waals surface area contributed by atoms with Crippen molar-refractivity contribution in [2.45, 2.75) is 19.2 Å². The minimum absolute atomic E-state index is 0.0573. The second-order valence-electron chi connectivity index (χ2n) is 3.91. The van der Waals surface area contributed by atoms with Crippen molar-refractivity contribution in [3.63, 3.8) is 0 Å². The van der Waals surface area contributed by atoms with Crippen LogP contribution in [-0.4, -0.2) is 23.2 Å². The van der Waals surface area contributed by atoms with Crippen molar-refractivity contribution in [2.24, 2.45) is 0 Å². The van der Waals surface area contributed by atoms with E-state index in [1.54, 1.807) is 6.92 Å². The number of hydrogen-bond donors (Lipinski definition) is 2. The summed E-state index contributed by atoms with van der Waals surface area (Å²) < 4.78 is 18.4. The summed E-state index contributed by atoms with van der Waals surface area (Å²) in [5.41, 5.74) is 0.0973. The molecule has 1 aliphatic rings. The van der Waals surface area contributed by atoms with E-state index in [2.05, 4.69) is 0 Å². The number of carboxylic acids is 1. The Kier molecular flexibility index (Phi) is 2.59. The van der Waals surface area contributed by atoms with Crippen LogP contribution in [0.2, 0.25) is 5.82 Å². The van der Waals surface area contributed by atoms with Crippen molar-refractivity contribution in [3.8, 4) is 5.75 Å². The predicted molar refractivity (Wildman–Crippen MR) is 55.1 cm³/mol. The monoisotopic (exact) mass is 224 g/mol. The van der Waals surface area contributed by atoms with Crippen molar-refractivity contribution in [3.05, 3.63) is 29.1 Å². The summed E-state index contributed by atoms with van der Waals surface area (Å²) in [7, 11) is -1.09. The molecule has 0 fully saturated rings. The molecule has 0 unspecified atom stereocenters. The molecule has 6 heteroatoms. The first-order valence-corrected chi connectivity index (χ1v) is 4.90. The van der Waals surface area contributed by atoms with Crippen molar-refractivity contribution < 1.29 is 24.0 Å². The Hall–Kier alpha value is -1.56. The summed E-state index contributed by atoms with van der Waals surface area (Å²) in [6.07, 6.45) is 0.469. The Bertz CT molecular complexity index is 449. The van der Waals surface area contributed by atoms with Crippen LogP contribution < -0.4 is 4.65 Å². The van der Waals surface area contributed by atoms with E-state index >= 15 is 0 Å². The maximum atomic E-state index is 13.3. The van der Waals surface area contributed by atoms with Gasteiger partial charge < -0.3 is 14.8 Å². The maximum Gasteiger partial charge on any atom is 0.525 e. The first kappa shape index (κ1) is 10.9. The maximum absolute atomic E-state index is 13.3. The smallest absolute Gasteiger partial charge is 0.525 e. The van der Waals surface area contributed by atoms with Crippen molar-refractivity contribution >= 4 is 13.1 Å². The van der Waals surface area contributed by atoms with Crippen molar-refractivity contribution in [1.82, 2.24) is 0 Å². The zero-order valence-corrected chi connectivity index (χ0v) is 8.61. The second kappa shape index (κ2) is 3.79. The molecular weight excluding hydrogens is 214 g/mol. The van der Waals surface area contributed by atoms with Gasteiger partial charge in [-0.1, -0.05) is 13.0 Å². The fraction of sp³-hybridized carbons (Fsp3) is 0.300. The van der Waals surface area contributed by atoms with Gasteiger partial charge in [-0.25, -0.2) is 9.18 Å². The minimum atomic E-state index is -1.39. The highest BCUT2D eigenvalue weighted by Crippen LogP contribution is 2.35. The van der Waals surface area contributed by atoms with Crippen LogP contribution in [-0.2, 0) is 6.42 Å². The zero-order valence-electron chi connectivity index (χ0n) is 8.61. The quantitative estimate of drug-likeness (QED) is 0.706. The third-order valence-corrected chi connectivity index (χ3v) is 2.67. The highest BCUT2D eigenvalue weighted by Gasteiger charge is 2.34. The molecule has 2 rings (SSSR count). The lowest BCUT2D eigenvalue weighted by atomic mass is 9.68. The highest BCUT2D eigenvalue weighted by atomic mass is 19.1. The van der Waals surface area contributed by atoms with E-state index in [1.807, 2.05) is 0 Å².